The van der Waals surface area contributed by atoms with Crippen molar-refractivity contribution in [2.45, 2.75) is 19.5 Å². The number of para-hydroxylation sites is 1. The summed E-state index contributed by atoms with van der Waals surface area (Å²) in [5.74, 6) is 1.55. The van der Waals surface area contributed by atoms with E-state index in [4.69, 9.17) is 33.7 Å². The van der Waals surface area contributed by atoms with E-state index in [0.29, 0.717) is 9.79 Å². The summed E-state index contributed by atoms with van der Waals surface area (Å²) < 4.78 is 10.2. The highest BCUT2D eigenvalue weighted by atomic mass is 35.5. The molecule has 0 bridgehead atoms. The number of benzene rings is 2. The molecule has 4 rings (SSSR count). The molecule has 2 heterocycles. The predicted octanol–water partition coefficient (Wildman–Crippen LogP) is 3.37. The number of nitrogens with one attached hydrogen (secondary N) is 1. The molecule has 1 fully saturated rings. The van der Waals surface area contributed by atoms with Crippen LogP contribution in [-0.4, -0.2) is 34.5 Å². The van der Waals surface area contributed by atoms with Crippen LogP contribution in [0, 0.1) is 4.77 Å². The summed E-state index contributed by atoms with van der Waals surface area (Å²) >= 11 is 11.9. The van der Waals surface area contributed by atoms with Crippen LogP contribution >= 0.6 is 23.8 Å². The van der Waals surface area contributed by atoms with E-state index in [1.807, 2.05) is 57.8 Å². The SMILES string of the molecule is COc1ccccc1-c1nn(C[NH+]2CCCC2)c(=S)n1-c1ccc(Cl)cc1. The molecule has 7 heteroatoms. The molecule has 1 saturated heterocycles. The van der Waals surface area contributed by atoms with Crippen LogP contribution in [0.1, 0.15) is 12.8 Å². The molecule has 0 aliphatic carbocycles. The summed E-state index contributed by atoms with van der Waals surface area (Å²) in [6, 6.07) is 15.6. The number of hydrogen-bond donors (Lipinski definition) is 1. The van der Waals surface area contributed by atoms with Crippen LogP contribution in [0.2, 0.25) is 5.02 Å². The van der Waals surface area contributed by atoms with Gasteiger partial charge in [-0.1, -0.05) is 23.7 Å². The monoisotopic (exact) mass is 401 g/mol. The Morgan fingerprint density at radius 2 is 1.81 bits per heavy atom. The van der Waals surface area contributed by atoms with Crippen molar-refractivity contribution in [2.24, 2.45) is 0 Å². The molecule has 1 aliphatic heterocycles. The van der Waals surface area contributed by atoms with Gasteiger partial charge in [-0.05, 0) is 48.6 Å². The Morgan fingerprint density at radius 1 is 1.11 bits per heavy atom. The zero-order chi connectivity index (χ0) is 18.8. The van der Waals surface area contributed by atoms with E-state index in [9.17, 15) is 0 Å². The predicted molar refractivity (Wildman–Crippen MR) is 109 cm³/mol. The third-order valence-corrected chi connectivity index (χ3v) is 5.60. The van der Waals surface area contributed by atoms with Gasteiger partial charge in [0.1, 0.15) is 5.75 Å². The van der Waals surface area contributed by atoms with Gasteiger partial charge in [0.25, 0.3) is 0 Å². The van der Waals surface area contributed by atoms with Crippen LogP contribution in [0.5, 0.6) is 5.75 Å². The molecular weight excluding hydrogens is 380 g/mol. The average molecular weight is 402 g/mol. The van der Waals surface area contributed by atoms with Gasteiger partial charge >= 0.3 is 0 Å². The number of aromatic nitrogens is 3. The minimum absolute atomic E-state index is 0.678. The summed E-state index contributed by atoms with van der Waals surface area (Å²) in [6.45, 7) is 3.11. The van der Waals surface area contributed by atoms with Crippen LogP contribution in [0.25, 0.3) is 17.1 Å². The minimum atomic E-state index is 0.678. The van der Waals surface area contributed by atoms with Gasteiger partial charge < -0.3 is 9.64 Å². The molecule has 3 aromatic rings. The first-order valence-corrected chi connectivity index (χ1v) is 9.89. The third kappa shape index (κ3) is 3.65. The first-order chi connectivity index (χ1) is 13.2. The number of likely N-dealkylation sites (tertiary alicyclic amines) is 1. The molecule has 1 aliphatic rings. The van der Waals surface area contributed by atoms with Gasteiger partial charge in [-0.15, -0.1) is 5.10 Å². The molecule has 1 N–H and O–H groups in total. The number of quaternary nitrogens is 1. The Balaban J connectivity index is 1.87. The Labute approximate surface area is 168 Å². The largest absolute Gasteiger partial charge is 0.496 e. The number of rotatable bonds is 5. The maximum absolute atomic E-state index is 6.08. The highest BCUT2D eigenvalue weighted by Crippen LogP contribution is 2.30. The maximum Gasteiger partial charge on any atom is 0.207 e. The quantitative estimate of drug-likeness (QED) is 0.666. The number of nitrogens with zero attached hydrogens (tertiary/aromatic N) is 3. The van der Waals surface area contributed by atoms with Gasteiger partial charge in [0.15, 0.2) is 12.5 Å². The molecule has 0 atom stereocenters. The lowest BCUT2D eigenvalue weighted by Gasteiger charge is -2.11. The van der Waals surface area contributed by atoms with E-state index in [1.165, 1.54) is 30.8 Å². The zero-order valence-electron chi connectivity index (χ0n) is 15.2. The van der Waals surface area contributed by atoms with Crippen LogP contribution < -0.4 is 9.64 Å². The molecule has 2 aromatic carbocycles. The van der Waals surface area contributed by atoms with Crippen molar-refractivity contribution >= 4 is 23.8 Å². The van der Waals surface area contributed by atoms with E-state index in [2.05, 4.69) is 0 Å². The van der Waals surface area contributed by atoms with Crippen molar-refractivity contribution in [3.63, 3.8) is 0 Å². The van der Waals surface area contributed by atoms with Crippen LogP contribution in [0.3, 0.4) is 0 Å². The van der Waals surface area contributed by atoms with Crippen molar-refractivity contribution in [3.05, 3.63) is 58.3 Å². The lowest BCUT2D eigenvalue weighted by molar-refractivity contribution is -0.911. The summed E-state index contributed by atoms with van der Waals surface area (Å²) in [7, 11) is 1.67. The second-order valence-corrected chi connectivity index (χ2v) is 7.53. The molecule has 1 aromatic heterocycles. The van der Waals surface area contributed by atoms with Gasteiger partial charge in [0, 0.05) is 17.9 Å². The molecule has 5 nitrogen and oxygen atoms in total. The first kappa shape index (κ1) is 18.2. The summed E-state index contributed by atoms with van der Waals surface area (Å²) in [5, 5.41) is 5.59. The van der Waals surface area contributed by atoms with E-state index in [0.717, 1.165) is 29.5 Å². The van der Waals surface area contributed by atoms with Crippen molar-refractivity contribution in [2.75, 3.05) is 20.2 Å². The molecule has 140 valence electrons. The smallest absolute Gasteiger partial charge is 0.207 e. The fourth-order valence-corrected chi connectivity index (χ4v) is 4.01. The molecule has 0 unspecified atom stereocenters. The lowest BCUT2D eigenvalue weighted by atomic mass is 10.2. The van der Waals surface area contributed by atoms with Crippen LogP contribution in [0.15, 0.2) is 48.5 Å². The van der Waals surface area contributed by atoms with Crippen molar-refractivity contribution < 1.29 is 9.64 Å². The number of halogens is 1. The van der Waals surface area contributed by atoms with Crippen LogP contribution in [-0.2, 0) is 6.67 Å². The average Bonchev–Trinajstić information content (AvgIpc) is 3.31. The van der Waals surface area contributed by atoms with Crippen LogP contribution in [0.4, 0.5) is 0 Å². The number of hydrogen-bond acceptors (Lipinski definition) is 3. The van der Waals surface area contributed by atoms with E-state index in [1.54, 1.807) is 7.11 Å². The number of ether oxygens (including phenoxy) is 1. The lowest BCUT2D eigenvalue weighted by Crippen LogP contribution is -3.09. The Morgan fingerprint density at radius 3 is 2.52 bits per heavy atom. The van der Waals surface area contributed by atoms with Crippen molar-refractivity contribution in [3.8, 4) is 22.8 Å². The first-order valence-electron chi connectivity index (χ1n) is 9.10. The highest BCUT2D eigenvalue weighted by molar-refractivity contribution is 7.71. The van der Waals surface area contributed by atoms with E-state index >= 15 is 0 Å². The normalized spacial score (nSPS) is 14.6. The second kappa shape index (κ2) is 7.84. The van der Waals surface area contributed by atoms with Gasteiger partial charge in [-0.3, -0.25) is 4.57 Å². The summed E-state index contributed by atoms with van der Waals surface area (Å²) in [4.78, 5) is 1.51. The van der Waals surface area contributed by atoms with Gasteiger partial charge in [0.2, 0.25) is 4.77 Å². The molecule has 27 heavy (non-hydrogen) atoms. The second-order valence-electron chi connectivity index (χ2n) is 6.73. The summed E-state index contributed by atoms with van der Waals surface area (Å²) in [5.41, 5.74) is 1.85. The minimum Gasteiger partial charge on any atom is -0.496 e. The van der Waals surface area contributed by atoms with Crippen molar-refractivity contribution in [1.82, 2.24) is 14.3 Å². The topological polar surface area (TPSA) is 36.4 Å². The van der Waals surface area contributed by atoms with Gasteiger partial charge in [0.05, 0.1) is 31.5 Å². The fourth-order valence-electron chi connectivity index (χ4n) is 3.58. The Hall–Kier alpha value is -2.15. The maximum atomic E-state index is 6.08. The summed E-state index contributed by atoms with van der Waals surface area (Å²) in [6.07, 6.45) is 2.53. The van der Waals surface area contributed by atoms with E-state index in [-0.39, 0.29) is 0 Å². The fraction of sp³-hybridized carbons (Fsp3) is 0.300. The molecule has 0 radical (unpaired) electrons. The Bertz CT molecular complexity index is 990. The molecular formula is C20H22ClN4OS+. The standard InChI is InChI=1S/C20H21ClN4OS/c1-26-18-7-3-2-6-17(18)19-22-24(14-23-12-4-5-13-23)20(27)25(19)16-10-8-15(21)9-11-16/h2-3,6-11H,4-5,12-14H2,1H3/p+1. The Kier molecular flexibility index (Phi) is 5.29. The molecule has 0 saturated carbocycles. The number of methoxy groups -OCH3 is 1. The van der Waals surface area contributed by atoms with Gasteiger partial charge in [-0.2, -0.15) is 4.68 Å². The van der Waals surface area contributed by atoms with Crippen molar-refractivity contribution in [1.29, 1.82) is 0 Å². The zero-order valence-corrected chi connectivity index (χ0v) is 16.8. The van der Waals surface area contributed by atoms with E-state index < -0.39 is 0 Å². The third-order valence-electron chi connectivity index (χ3n) is 4.96. The highest BCUT2D eigenvalue weighted by Gasteiger charge is 2.21. The molecule has 0 amide bonds. The van der Waals surface area contributed by atoms with Gasteiger partial charge in [-0.25, -0.2) is 0 Å². The molecule has 0 spiro atoms.